The predicted octanol–water partition coefficient (Wildman–Crippen LogP) is 4.31. The predicted molar refractivity (Wildman–Crippen MR) is 121 cm³/mol. The van der Waals surface area contributed by atoms with Crippen molar-refractivity contribution in [3.8, 4) is 0 Å². The van der Waals surface area contributed by atoms with Crippen LogP contribution in [0.5, 0.6) is 0 Å². The molecule has 2 heterocycles. The van der Waals surface area contributed by atoms with E-state index in [4.69, 9.17) is 12.2 Å². The average Bonchev–Trinajstić information content (AvgIpc) is 3.38. The van der Waals surface area contributed by atoms with Crippen LogP contribution in [0, 0.1) is 13.8 Å². The molecule has 7 heteroatoms. The first-order valence-corrected chi connectivity index (χ1v) is 11.1. The van der Waals surface area contributed by atoms with Crippen molar-refractivity contribution < 1.29 is 0 Å². The van der Waals surface area contributed by atoms with Crippen molar-refractivity contribution >= 4 is 33.9 Å². The van der Waals surface area contributed by atoms with E-state index in [1.54, 1.807) is 0 Å². The number of fused-ring (bicyclic) bond motifs is 3. The Kier molecular flexibility index (Phi) is 5.67. The summed E-state index contributed by atoms with van der Waals surface area (Å²) in [5.74, 6) is 0. The van der Waals surface area contributed by atoms with Gasteiger partial charge in [0.15, 0.2) is 10.8 Å². The smallest absolute Gasteiger partial charge is 0.184 e. The molecule has 0 amide bonds. The number of aromatic nitrogens is 4. The largest absolute Gasteiger partial charge is 0.360 e. The Morgan fingerprint density at radius 1 is 1.28 bits per heavy atom. The second-order valence-electron chi connectivity index (χ2n) is 8.42. The van der Waals surface area contributed by atoms with Crippen LogP contribution in [0.3, 0.4) is 0 Å². The highest BCUT2D eigenvalue weighted by Crippen LogP contribution is 2.28. The fraction of sp³-hybridized carbons (Fsp3) is 0.545. The number of thiocarbonyl (C=S) groups is 1. The van der Waals surface area contributed by atoms with Gasteiger partial charge in [-0.2, -0.15) is 4.52 Å². The summed E-state index contributed by atoms with van der Waals surface area (Å²) >= 11 is 5.85. The normalized spacial score (nSPS) is 15.9. The molecule has 6 nitrogen and oxygen atoms in total. The number of nitrogens with one attached hydrogen (secondary N) is 1. The SMILES string of the molecule is CC[C@H](C)NC(=S)N(Cc1cc2c(C)cc(C)cc2n2nnnc12)C1CCCC1. The van der Waals surface area contributed by atoms with E-state index >= 15 is 0 Å². The average molecular weight is 411 g/mol. The molecule has 1 aliphatic carbocycles. The molecule has 1 N–H and O–H groups in total. The molecule has 2 aromatic heterocycles. The molecule has 0 unspecified atom stereocenters. The number of rotatable bonds is 5. The number of hydrogen-bond donors (Lipinski definition) is 1. The zero-order valence-electron chi connectivity index (χ0n) is 17.8. The van der Waals surface area contributed by atoms with Crippen molar-refractivity contribution in [2.45, 2.75) is 78.4 Å². The van der Waals surface area contributed by atoms with E-state index in [2.05, 4.69) is 71.6 Å². The number of pyridine rings is 1. The third kappa shape index (κ3) is 3.92. The molecule has 0 bridgehead atoms. The molecule has 1 saturated carbocycles. The lowest BCUT2D eigenvalue weighted by molar-refractivity contribution is 0.300. The van der Waals surface area contributed by atoms with Crippen LogP contribution in [0.4, 0.5) is 0 Å². The zero-order valence-corrected chi connectivity index (χ0v) is 18.6. The van der Waals surface area contributed by atoms with Gasteiger partial charge in [-0.1, -0.05) is 25.8 Å². The number of nitrogens with zero attached hydrogens (tertiary/aromatic N) is 5. The van der Waals surface area contributed by atoms with Crippen molar-refractivity contribution in [1.82, 2.24) is 30.3 Å². The number of hydrogen-bond acceptors (Lipinski definition) is 4. The minimum atomic E-state index is 0.364. The van der Waals surface area contributed by atoms with E-state index in [1.165, 1.54) is 42.2 Å². The molecule has 0 saturated heterocycles. The van der Waals surface area contributed by atoms with Gasteiger partial charge >= 0.3 is 0 Å². The van der Waals surface area contributed by atoms with Crippen LogP contribution in [-0.2, 0) is 6.54 Å². The maximum atomic E-state index is 5.85. The molecular weight excluding hydrogens is 380 g/mol. The Balaban J connectivity index is 1.76. The van der Waals surface area contributed by atoms with Crippen LogP contribution >= 0.6 is 12.2 Å². The van der Waals surface area contributed by atoms with Gasteiger partial charge in [0.05, 0.1) is 5.52 Å². The maximum Gasteiger partial charge on any atom is 0.184 e. The second-order valence-corrected chi connectivity index (χ2v) is 8.81. The van der Waals surface area contributed by atoms with Crippen LogP contribution in [0.25, 0.3) is 16.6 Å². The van der Waals surface area contributed by atoms with Gasteiger partial charge in [0.1, 0.15) is 0 Å². The molecule has 0 radical (unpaired) electrons. The summed E-state index contributed by atoms with van der Waals surface area (Å²) in [5, 5.41) is 18.2. The van der Waals surface area contributed by atoms with Crippen LogP contribution in [-0.4, -0.2) is 42.1 Å². The number of tetrazole rings is 1. The molecule has 1 aliphatic rings. The van der Waals surface area contributed by atoms with Crippen molar-refractivity contribution in [3.05, 3.63) is 34.9 Å². The monoisotopic (exact) mass is 410 g/mol. The third-order valence-electron chi connectivity index (χ3n) is 6.16. The number of benzene rings is 1. The van der Waals surface area contributed by atoms with E-state index in [1.807, 2.05) is 4.52 Å². The minimum absolute atomic E-state index is 0.364. The van der Waals surface area contributed by atoms with Gasteiger partial charge in [-0.25, -0.2) is 0 Å². The molecule has 0 aliphatic heterocycles. The van der Waals surface area contributed by atoms with Crippen LogP contribution in [0.1, 0.15) is 62.6 Å². The van der Waals surface area contributed by atoms with E-state index in [0.717, 1.165) is 34.8 Å². The number of aryl methyl sites for hydroxylation is 2. The highest BCUT2D eigenvalue weighted by atomic mass is 32.1. The molecule has 154 valence electrons. The summed E-state index contributed by atoms with van der Waals surface area (Å²) in [4.78, 5) is 2.37. The summed E-state index contributed by atoms with van der Waals surface area (Å²) in [7, 11) is 0. The van der Waals surface area contributed by atoms with E-state index < -0.39 is 0 Å². The van der Waals surface area contributed by atoms with E-state index in [9.17, 15) is 0 Å². The first-order chi connectivity index (χ1) is 14.0. The summed E-state index contributed by atoms with van der Waals surface area (Å²) in [5.41, 5.74) is 5.45. The molecule has 29 heavy (non-hydrogen) atoms. The summed E-state index contributed by atoms with van der Waals surface area (Å²) in [6.45, 7) is 9.35. The topological polar surface area (TPSA) is 58.4 Å². The standard InChI is InChI=1S/C22H30N6S/c1-5-16(4)23-22(29)27(18-8-6-7-9-18)13-17-12-19-15(3)10-14(2)11-20(19)28-21(17)24-25-26-28/h10-12,16,18H,5-9,13H2,1-4H3,(H,23,29)/t16-/m0/s1. The Morgan fingerprint density at radius 2 is 2.03 bits per heavy atom. The highest BCUT2D eigenvalue weighted by Gasteiger charge is 2.26. The molecule has 3 aromatic rings. The Morgan fingerprint density at radius 3 is 2.76 bits per heavy atom. The molecule has 4 rings (SSSR count). The fourth-order valence-corrected chi connectivity index (χ4v) is 4.80. The Hall–Kier alpha value is -2.28. The quantitative estimate of drug-likeness (QED) is 0.633. The van der Waals surface area contributed by atoms with Gasteiger partial charge in [0.25, 0.3) is 0 Å². The summed E-state index contributed by atoms with van der Waals surface area (Å²) < 4.78 is 1.88. The van der Waals surface area contributed by atoms with Crippen molar-refractivity contribution in [1.29, 1.82) is 0 Å². The van der Waals surface area contributed by atoms with Gasteiger partial charge in [-0.15, -0.1) is 5.10 Å². The zero-order chi connectivity index (χ0) is 20.5. The van der Waals surface area contributed by atoms with Crippen LogP contribution in [0.15, 0.2) is 18.2 Å². The van der Waals surface area contributed by atoms with E-state index in [-0.39, 0.29) is 0 Å². The van der Waals surface area contributed by atoms with Crippen molar-refractivity contribution in [2.24, 2.45) is 0 Å². The van der Waals surface area contributed by atoms with Gasteiger partial charge in [0, 0.05) is 29.6 Å². The van der Waals surface area contributed by atoms with Gasteiger partial charge < -0.3 is 10.2 Å². The summed E-state index contributed by atoms with van der Waals surface area (Å²) in [6.07, 6.45) is 5.96. The lowest BCUT2D eigenvalue weighted by Crippen LogP contribution is -2.47. The first kappa shape index (κ1) is 20.0. The molecule has 0 spiro atoms. The molecule has 1 atom stereocenters. The maximum absolute atomic E-state index is 5.85. The van der Waals surface area contributed by atoms with Crippen LogP contribution in [0.2, 0.25) is 0 Å². The van der Waals surface area contributed by atoms with E-state index in [0.29, 0.717) is 12.1 Å². The minimum Gasteiger partial charge on any atom is -0.360 e. The van der Waals surface area contributed by atoms with Crippen LogP contribution < -0.4 is 5.32 Å². The van der Waals surface area contributed by atoms with Crippen molar-refractivity contribution in [2.75, 3.05) is 0 Å². The van der Waals surface area contributed by atoms with Gasteiger partial charge in [-0.3, -0.25) is 0 Å². The lowest BCUT2D eigenvalue weighted by Gasteiger charge is -2.33. The first-order valence-electron chi connectivity index (χ1n) is 10.7. The Labute approximate surface area is 177 Å². The second kappa shape index (κ2) is 8.22. The fourth-order valence-electron chi connectivity index (χ4n) is 4.39. The van der Waals surface area contributed by atoms with Gasteiger partial charge in [0.2, 0.25) is 0 Å². The lowest BCUT2D eigenvalue weighted by atomic mass is 10.0. The van der Waals surface area contributed by atoms with Gasteiger partial charge in [-0.05, 0) is 85.9 Å². The summed E-state index contributed by atoms with van der Waals surface area (Å²) in [6, 6.07) is 7.46. The van der Waals surface area contributed by atoms with Crippen molar-refractivity contribution in [3.63, 3.8) is 0 Å². The third-order valence-corrected chi connectivity index (χ3v) is 6.51. The molecular formula is C22H30N6S. The Bertz CT molecular complexity index is 1040. The molecule has 1 aromatic carbocycles. The molecule has 1 fully saturated rings. The highest BCUT2D eigenvalue weighted by molar-refractivity contribution is 7.80.